The first-order valence-electron chi connectivity index (χ1n) is 6.22. The first-order chi connectivity index (χ1) is 8.87. The fourth-order valence-electron chi connectivity index (χ4n) is 1.80. The molecule has 0 aliphatic rings. The Balaban J connectivity index is 2.08. The van der Waals surface area contributed by atoms with Crippen molar-refractivity contribution in [1.82, 2.24) is 19.5 Å². The summed E-state index contributed by atoms with van der Waals surface area (Å²) in [5, 5.41) is 7.02. The van der Waals surface area contributed by atoms with E-state index in [1.165, 1.54) is 9.08 Å². The van der Waals surface area contributed by atoms with Gasteiger partial charge in [-0.25, -0.2) is 9.48 Å². The normalized spacial score (nSPS) is 11.7. The Hall–Kier alpha value is -2.11. The summed E-state index contributed by atoms with van der Waals surface area (Å²) in [7, 11) is 0. The quantitative estimate of drug-likeness (QED) is 0.889. The maximum Gasteiger partial charge on any atom is 0.350 e. The topological polar surface area (TPSA) is 68.4 Å². The molecule has 0 saturated carbocycles. The summed E-state index contributed by atoms with van der Waals surface area (Å²) < 4.78 is 2.78. The molecule has 2 aromatic rings. The predicted octanol–water partition coefficient (Wildman–Crippen LogP) is 0.801. The van der Waals surface area contributed by atoms with Crippen molar-refractivity contribution in [2.75, 3.05) is 0 Å². The highest BCUT2D eigenvalue weighted by molar-refractivity contribution is 5.76. The Morgan fingerprint density at radius 2 is 2.11 bits per heavy atom. The Morgan fingerprint density at radius 1 is 1.37 bits per heavy atom. The van der Waals surface area contributed by atoms with Crippen LogP contribution in [-0.4, -0.2) is 25.6 Å². The lowest BCUT2D eigenvalue weighted by Gasteiger charge is -2.20. The van der Waals surface area contributed by atoms with Gasteiger partial charge in [-0.1, -0.05) is 6.07 Å². The fraction of sp³-hybridized carbons (Fsp3) is 0.462. The molecule has 0 aromatic carbocycles. The molecule has 19 heavy (non-hydrogen) atoms. The molecule has 0 saturated heterocycles. The first-order valence-corrected chi connectivity index (χ1v) is 6.22. The zero-order valence-corrected chi connectivity index (χ0v) is 11.4. The number of hydrogen-bond acceptors (Lipinski definition) is 3. The van der Waals surface area contributed by atoms with E-state index in [2.05, 4.69) is 10.4 Å². The van der Waals surface area contributed by atoms with E-state index in [0.717, 1.165) is 0 Å². The number of fused-ring (bicyclic) bond motifs is 1. The Bertz CT molecular complexity index is 648. The van der Waals surface area contributed by atoms with Crippen molar-refractivity contribution in [3.8, 4) is 0 Å². The summed E-state index contributed by atoms with van der Waals surface area (Å²) in [6.07, 6.45) is 1.90. The Morgan fingerprint density at radius 3 is 2.74 bits per heavy atom. The van der Waals surface area contributed by atoms with E-state index in [1.807, 2.05) is 26.8 Å². The van der Waals surface area contributed by atoms with Crippen LogP contribution in [0.25, 0.3) is 5.65 Å². The van der Waals surface area contributed by atoms with Gasteiger partial charge in [0.25, 0.3) is 0 Å². The number of aryl methyl sites for hydroxylation is 1. The van der Waals surface area contributed by atoms with Crippen LogP contribution in [0, 0.1) is 0 Å². The molecule has 0 fully saturated rings. The van der Waals surface area contributed by atoms with Crippen molar-refractivity contribution in [2.24, 2.45) is 0 Å². The summed E-state index contributed by atoms with van der Waals surface area (Å²) in [5.74, 6) is -0.0866. The minimum absolute atomic E-state index is 0.0866. The molecular formula is C13H18N4O2. The van der Waals surface area contributed by atoms with Crippen molar-refractivity contribution < 1.29 is 4.79 Å². The van der Waals surface area contributed by atoms with Crippen LogP contribution in [0.15, 0.2) is 29.2 Å². The predicted molar refractivity (Wildman–Crippen MR) is 72.0 cm³/mol. The van der Waals surface area contributed by atoms with Crippen LogP contribution >= 0.6 is 0 Å². The zero-order chi connectivity index (χ0) is 14.0. The van der Waals surface area contributed by atoms with Gasteiger partial charge in [0.15, 0.2) is 5.65 Å². The van der Waals surface area contributed by atoms with Crippen molar-refractivity contribution in [3.63, 3.8) is 0 Å². The van der Waals surface area contributed by atoms with E-state index in [1.54, 1.807) is 18.3 Å². The van der Waals surface area contributed by atoms with Gasteiger partial charge in [-0.2, -0.15) is 0 Å². The third-order valence-corrected chi connectivity index (χ3v) is 2.55. The van der Waals surface area contributed by atoms with Gasteiger partial charge in [0.2, 0.25) is 5.91 Å². The Kier molecular flexibility index (Phi) is 3.42. The summed E-state index contributed by atoms with van der Waals surface area (Å²) >= 11 is 0. The lowest BCUT2D eigenvalue weighted by atomic mass is 10.1. The molecule has 0 aliphatic heterocycles. The number of aromatic nitrogens is 3. The smallest absolute Gasteiger partial charge is 0.350 e. The van der Waals surface area contributed by atoms with Gasteiger partial charge >= 0.3 is 5.69 Å². The average Bonchev–Trinajstić information content (AvgIpc) is 2.62. The first kappa shape index (κ1) is 13.3. The third-order valence-electron chi connectivity index (χ3n) is 2.55. The van der Waals surface area contributed by atoms with Gasteiger partial charge in [0.1, 0.15) is 0 Å². The van der Waals surface area contributed by atoms with Crippen molar-refractivity contribution in [1.29, 1.82) is 0 Å². The molecule has 0 bridgehead atoms. The van der Waals surface area contributed by atoms with Gasteiger partial charge in [0, 0.05) is 18.2 Å². The molecule has 6 nitrogen and oxygen atoms in total. The van der Waals surface area contributed by atoms with E-state index in [0.29, 0.717) is 5.65 Å². The van der Waals surface area contributed by atoms with Crippen LogP contribution in [0.4, 0.5) is 0 Å². The van der Waals surface area contributed by atoms with Crippen molar-refractivity contribution >= 4 is 11.6 Å². The fourth-order valence-corrected chi connectivity index (χ4v) is 1.80. The second-order valence-electron chi connectivity index (χ2n) is 5.48. The van der Waals surface area contributed by atoms with Gasteiger partial charge in [-0.3, -0.25) is 9.20 Å². The van der Waals surface area contributed by atoms with E-state index in [-0.39, 0.29) is 30.1 Å². The zero-order valence-electron chi connectivity index (χ0n) is 11.4. The van der Waals surface area contributed by atoms with Crippen molar-refractivity contribution in [3.05, 3.63) is 34.9 Å². The summed E-state index contributed by atoms with van der Waals surface area (Å²) in [5.41, 5.74) is 0.101. The molecule has 0 spiro atoms. The number of carbonyl (C=O) groups excluding carboxylic acids is 1. The maximum absolute atomic E-state index is 12.0. The van der Waals surface area contributed by atoms with E-state index in [4.69, 9.17) is 0 Å². The molecule has 0 aliphatic carbocycles. The highest BCUT2D eigenvalue weighted by Gasteiger charge is 2.14. The molecule has 1 N–H and O–H groups in total. The molecule has 2 rings (SSSR count). The molecule has 6 heteroatoms. The standard InChI is InChI=1S/C13H18N4O2/c1-13(2,3)14-11(18)7-9-17-12(19)16-8-5-4-6-10(16)15-17/h4-6,8H,7,9H2,1-3H3,(H,14,18). The van der Waals surface area contributed by atoms with Gasteiger partial charge in [0.05, 0.1) is 6.54 Å². The van der Waals surface area contributed by atoms with Crippen LogP contribution in [0.2, 0.25) is 0 Å². The van der Waals surface area contributed by atoms with E-state index < -0.39 is 0 Å². The van der Waals surface area contributed by atoms with Crippen LogP contribution in [0.3, 0.4) is 0 Å². The molecular weight excluding hydrogens is 244 g/mol. The van der Waals surface area contributed by atoms with E-state index >= 15 is 0 Å². The van der Waals surface area contributed by atoms with Crippen LogP contribution in [0.1, 0.15) is 27.2 Å². The maximum atomic E-state index is 12.0. The van der Waals surface area contributed by atoms with Gasteiger partial charge in [-0.15, -0.1) is 5.10 Å². The molecule has 2 aromatic heterocycles. The average molecular weight is 262 g/mol. The number of nitrogens with zero attached hydrogens (tertiary/aromatic N) is 3. The number of nitrogens with one attached hydrogen (secondary N) is 1. The van der Waals surface area contributed by atoms with Crippen LogP contribution < -0.4 is 11.0 Å². The molecule has 2 heterocycles. The number of carbonyl (C=O) groups is 1. The Labute approximate surface area is 111 Å². The largest absolute Gasteiger partial charge is 0.351 e. The van der Waals surface area contributed by atoms with Crippen molar-refractivity contribution in [2.45, 2.75) is 39.3 Å². The van der Waals surface area contributed by atoms with E-state index in [9.17, 15) is 9.59 Å². The highest BCUT2D eigenvalue weighted by atomic mass is 16.2. The third kappa shape index (κ3) is 3.21. The van der Waals surface area contributed by atoms with Gasteiger partial charge in [-0.05, 0) is 32.9 Å². The summed E-state index contributed by atoms with van der Waals surface area (Å²) in [6, 6.07) is 5.35. The minimum Gasteiger partial charge on any atom is -0.351 e. The number of hydrogen-bond donors (Lipinski definition) is 1. The molecule has 1 amide bonds. The second kappa shape index (κ2) is 4.87. The lowest BCUT2D eigenvalue weighted by molar-refractivity contribution is -0.122. The highest BCUT2D eigenvalue weighted by Crippen LogP contribution is 2.00. The van der Waals surface area contributed by atoms with Crippen LogP contribution in [0.5, 0.6) is 0 Å². The molecule has 102 valence electrons. The molecule has 0 atom stereocenters. The van der Waals surface area contributed by atoms with Gasteiger partial charge < -0.3 is 5.32 Å². The summed E-state index contributed by atoms with van der Waals surface area (Å²) in [4.78, 5) is 23.7. The monoisotopic (exact) mass is 262 g/mol. The minimum atomic E-state index is -0.263. The van der Waals surface area contributed by atoms with Crippen LogP contribution in [-0.2, 0) is 11.3 Å². The molecule has 0 radical (unpaired) electrons. The summed E-state index contributed by atoms with van der Waals surface area (Å²) in [6.45, 7) is 6.04. The number of amides is 1. The molecule has 0 unspecified atom stereocenters. The second-order valence-corrected chi connectivity index (χ2v) is 5.48. The lowest BCUT2D eigenvalue weighted by Crippen LogP contribution is -2.41. The number of rotatable bonds is 3. The SMILES string of the molecule is CC(C)(C)NC(=O)CCn1nc2ccccn2c1=O. The number of pyridine rings is 1.